The van der Waals surface area contributed by atoms with Gasteiger partial charge in [-0.1, -0.05) is 12.1 Å². The maximum Gasteiger partial charge on any atom is 0.246 e. The first-order valence-corrected chi connectivity index (χ1v) is 9.40. The molecule has 0 N–H and O–H groups in total. The zero-order chi connectivity index (χ0) is 16.6. The molecule has 1 aromatic carbocycles. The van der Waals surface area contributed by atoms with E-state index in [1.54, 1.807) is 30.6 Å². The molecule has 0 bridgehead atoms. The summed E-state index contributed by atoms with van der Waals surface area (Å²) in [6, 6.07) is 8.93. The van der Waals surface area contributed by atoms with Crippen molar-refractivity contribution in [3.8, 4) is 11.5 Å². The van der Waals surface area contributed by atoms with Gasteiger partial charge >= 0.3 is 0 Å². The van der Waals surface area contributed by atoms with Crippen LogP contribution in [-0.2, 0) is 16.4 Å². The number of para-hydroxylation sites is 1. The van der Waals surface area contributed by atoms with Crippen molar-refractivity contribution in [2.45, 2.75) is 23.8 Å². The topological polar surface area (TPSA) is 68.7 Å². The molecule has 1 saturated heterocycles. The Kier molecular flexibility index (Phi) is 3.90. The summed E-state index contributed by atoms with van der Waals surface area (Å²) >= 11 is 0. The average molecular weight is 346 g/mol. The van der Waals surface area contributed by atoms with E-state index >= 15 is 0 Å². The SMILES string of the molecule is O=S(=O)(c1cccc2c1OCC2)N1CC[C@H](Oc2cccnc2)C1. The van der Waals surface area contributed by atoms with Crippen molar-refractivity contribution in [3.05, 3.63) is 48.3 Å². The Bertz CT molecular complexity index is 839. The van der Waals surface area contributed by atoms with E-state index in [-0.39, 0.29) is 11.0 Å². The fraction of sp³-hybridized carbons (Fsp3) is 0.353. The van der Waals surface area contributed by atoms with Crippen LogP contribution in [0.25, 0.3) is 0 Å². The Labute approximate surface area is 141 Å². The van der Waals surface area contributed by atoms with Crippen molar-refractivity contribution in [2.24, 2.45) is 0 Å². The third kappa shape index (κ3) is 2.74. The molecule has 2 aliphatic heterocycles. The highest BCUT2D eigenvalue weighted by Gasteiger charge is 2.36. The molecule has 2 aromatic rings. The van der Waals surface area contributed by atoms with Gasteiger partial charge in [0, 0.05) is 19.2 Å². The van der Waals surface area contributed by atoms with E-state index in [0.717, 1.165) is 12.0 Å². The summed E-state index contributed by atoms with van der Waals surface area (Å²) < 4.78 is 38.8. The molecule has 0 aliphatic carbocycles. The highest BCUT2D eigenvalue weighted by atomic mass is 32.2. The predicted octanol–water partition coefficient (Wildman–Crippen LogP) is 1.86. The zero-order valence-electron chi connectivity index (χ0n) is 13.1. The Morgan fingerprint density at radius 2 is 2.17 bits per heavy atom. The van der Waals surface area contributed by atoms with Gasteiger partial charge in [-0.2, -0.15) is 4.31 Å². The van der Waals surface area contributed by atoms with Crippen molar-refractivity contribution in [3.63, 3.8) is 0 Å². The van der Waals surface area contributed by atoms with E-state index in [1.807, 2.05) is 12.1 Å². The standard InChI is InChI=1S/C17H18N2O4S/c20-24(21,16-5-1-3-13-7-10-22-17(13)16)19-9-6-15(12-19)23-14-4-2-8-18-11-14/h1-5,8,11,15H,6-7,9-10,12H2/t15-/m0/s1. The van der Waals surface area contributed by atoms with E-state index in [2.05, 4.69) is 4.98 Å². The molecule has 0 radical (unpaired) electrons. The van der Waals surface area contributed by atoms with Gasteiger partial charge < -0.3 is 9.47 Å². The maximum absolute atomic E-state index is 13.0. The lowest BCUT2D eigenvalue weighted by atomic mass is 10.2. The molecule has 4 rings (SSSR count). The normalized spacial score (nSPS) is 20.6. The van der Waals surface area contributed by atoms with Gasteiger partial charge in [0.25, 0.3) is 0 Å². The summed E-state index contributed by atoms with van der Waals surface area (Å²) in [6.07, 6.45) is 4.56. The highest BCUT2D eigenvalue weighted by Crippen LogP contribution is 2.35. The second-order valence-electron chi connectivity index (χ2n) is 5.92. The quantitative estimate of drug-likeness (QED) is 0.845. The van der Waals surface area contributed by atoms with Crippen LogP contribution in [0, 0.1) is 0 Å². The van der Waals surface area contributed by atoms with Crippen LogP contribution in [0.15, 0.2) is 47.6 Å². The number of hydrogen-bond acceptors (Lipinski definition) is 5. The first-order chi connectivity index (χ1) is 11.6. The van der Waals surface area contributed by atoms with Crippen LogP contribution in [0.5, 0.6) is 11.5 Å². The molecule has 0 spiro atoms. The first kappa shape index (κ1) is 15.4. The Morgan fingerprint density at radius 3 is 3.00 bits per heavy atom. The Hall–Kier alpha value is -2.12. The molecular formula is C17H18N2O4S. The van der Waals surface area contributed by atoms with Crippen molar-refractivity contribution < 1.29 is 17.9 Å². The number of sulfonamides is 1. The second-order valence-corrected chi connectivity index (χ2v) is 7.83. The number of pyridine rings is 1. The van der Waals surface area contributed by atoms with E-state index in [1.165, 1.54) is 4.31 Å². The minimum absolute atomic E-state index is 0.165. The maximum atomic E-state index is 13.0. The fourth-order valence-electron chi connectivity index (χ4n) is 3.15. The van der Waals surface area contributed by atoms with Crippen LogP contribution in [0.3, 0.4) is 0 Å². The number of hydrogen-bond donors (Lipinski definition) is 0. The molecule has 2 aliphatic rings. The predicted molar refractivity (Wildman–Crippen MR) is 87.7 cm³/mol. The summed E-state index contributed by atoms with van der Waals surface area (Å²) in [5.74, 6) is 1.17. The fourth-order valence-corrected chi connectivity index (χ4v) is 4.81. The summed E-state index contributed by atoms with van der Waals surface area (Å²) in [5, 5.41) is 0. The molecule has 0 amide bonds. The van der Waals surface area contributed by atoms with Gasteiger partial charge in [-0.15, -0.1) is 0 Å². The number of nitrogens with zero attached hydrogens (tertiary/aromatic N) is 2. The lowest BCUT2D eigenvalue weighted by Crippen LogP contribution is -2.31. The third-order valence-electron chi connectivity index (χ3n) is 4.34. The second kappa shape index (κ2) is 6.07. The van der Waals surface area contributed by atoms with Crippen LogP contribution in [-0.4, -0.2) is 43.5 Å². The van der Waals surface area contributed by atoms with Crippen LogP contribution in [0.4, 0.5) is 0 Å². The van der Waals surface area contributed by atoms with Crippen molar-refractivity contribution in [2.75, 3.05) is 19.7 Å². The van der Waals surface area contributed by atoms with Crippen LogP contribution in [0.1, 0.15) is 12.0 Å². The molecule has 6 nitrogen and oxygen atoms in total. The van der Waals surface area contributed by atoms with Gasteiger partial charge in [-0.05, 0) is 30.2 Å². The summed E-state index contributed by atoms with van der Waals surface area (Å²) in [7, 11) is -3.58. The molecule has 126 valence electrons. The number of rotatable bonds is 4. The lowest BCUT2D eigenvalue weighted by Gasteiger charge is -2.18. The number of aromatic nitrogens is 1. The number of benzene rings is 1. The molecule has 7 heteroatoms. The molecule has 1 aromatic heterocycles. The average Bonchev–Trinajstić information content (AvgIpc) is 3.24. The van der Waals surface area contributed by atoms with Crippen molar-refractivity contribution >= 4 is 10.0 Å². The number of fused-ring (bicyclic) bond motifs is 1. The molecule has 1 fully saturated rings. The minimum Gasteiger partial charge on any atom is -0.492 e. The van der Waals surface area contributed by atoms with Crippen molar-refractivity contribution in [1.82, 2.24) is 9.29 Å². The smallest absolute Gasteiger partial charge is 0.246 e. The van der Waals surface area contributed by atoms with Crippen LogP contribution in [0.2, 0.25) is 0 Å². The molecular weight excluding hydrogens is 328 g/mol. The summed E-state index contributed by atoms with van der Waals surface area (Å²) in [5.41, 5.74) is 0.957. The Balaban J connectivity index is 1.53. The van der Waals surface area contributed by atoms with Crippen LogP contribution >= 0.6 is 0 Å². The van der Waals surface area contributed by atoms with E-state index in [4.69, 9.17) is 9.47 Å². The van der Waals surface area contributed by atoms with Gasteiger partial charge in [0.1, 0.15) is 22.5 Å². The zero-order valence-corrected chi connectivity index (χ0v) is 13.9. The van der Waals surface area contributed by atoms with Gasteiger partial charge in [-0.25, -0.2) is 8.42 Å². The van der Waals surface area contributed by atoms with Crippen molar-refractivity contribution in [1.29, 1.82) is 0 Å². The van der Waals surface area contributed by atoms with E-state index in [9.17, 15) is 8.42 Å². The first-order valence-electron chi connectivity index (χ1n) is 7.96. The van der Waals surface area contributed by atoms with Gasteiger partial charge in [0.05, 0.1) is 19.3 Å². The minimum atomic E-state index is -3.58. The van der Waals surface area contributed by atoms with E-state index < -0.39 is 10.0 Å². The molecule has 0 unspecified atom stereocenters. The molecule has 0 saturated carbocycles. The summed E-state index contributed by atoms with van der Waals surface area (Å²) in [4.78, 5) is 4.27. The molecule has 24 heavy (non-hydrogen) atoms. The molecule has 1 atom stereocenters. The monoisotopic (exact) mass is 346 g/mol. The van der Waals surface area contributed by atoms with Gasteiger partial charge in [0.15, 0.2) is 0 Å². The lowest BCUT2D eigenvalue weighted by molar-refractivity contribution is 0.214. The third-order valence-corrected chi connectivity index (χ3v) is 6.23. The summed E-state index contributed by atoms with van der Waals surface area (Å²) in [6.45, 7) is 1.31. The van der Waals surface area contributed by atoms with Gasteiger partial charge in [0.2, 0.25) is 10.0 Å². The largest absolute Gasteiger partial charge is 0.492 e. The highest BCUT2D eigenvalue weighted by molar-refractivity contribution is 7.89. The molecule has 3 heterocycles. The van der Waals surface area contributed by atoms with Gasteiger partial charge in [-0.3, -0.25) is 4.98 Å². The van der Waals surface area contributed by atoms with E-state index in [0.29, 0.717) is 37.6 Å². The number of ether oxygens (including phenoxy) is 2. The Morgan fingerprint density at radius 1 is 1.25 bits per heavy atom. The van der Waals surface area contributed by atoms with Crippen LogP contribution < -0.4 is 9.47 Å².